The number of hydrogen-bond acceptors (Lipinski definition) is 3. The molecule has 1 aromatic rings. The smallest absolute Gasteiger partial charge is 0.268 e. The number of likely N-dealkylation sites (N-methyl/N-ethyl adjacent to an activating group) is 1. The molecule has 0 aromatic heterocycles. The molecule has 0 aliphatic heterocycles. The van der Waals surface area contributed by atoms with Gasteiger partial charge in [-0.3, -0.25) is 14.4 Å². The second-order valence-corrected chi connectivity index (χ2v) is 5.03. The summed E-state index contributed by atoms with van der Waals surface area (Å²) >= 11 is 0. The highest BCUT2D eigenvalue weighted by atomic mass is 16.7. The summed E-state index contributed by atoms with van der Waals surface area (Å²) < 4.78 is 0. The van der Waals surface area contributed by atoms with Crippen LogP contribution in [0, 0.1) is 12.8 Å². The molecular weight excluding hydrogens is 256 g/mol. The number of carbonyl (C=O) groups excluding carboxylic acids is 2. The Balaban J connectivity index is 2.89. The Morgan fingerprint density at radius 3 is 2.35 bits per heavy atom. The predicted molar refractivity (Wildman–Crippen MR) is 77.1 cm³/mol. The van der Waals surface area contributed by atoms with Crippen LogP contribution in [0.1, 0.15) is 29.8 Å². The lowest BCUT2D eigenvalue weighted by Crippen LogP contribution is -2.50. The Morgan fingerprint density at radius 2 is 1.85 bits per heavy atom. The first kappa shape index (κ1) is 16.2. The number of nitrogens with one attached hydrogen (secondary N) is 1. The first-order valence-electron chi connectivity index (χ1n) is 6.56. The number of carbonyl (C=O) groups is 2. The molecule has 0 radical (unpaired) electrons. The molecule has 0 aliphatic carbocycles. The topological polar surface area (TPSA) is 58.6 Å². The van der Waals surface area contributed by atoms with Crippen molar-refractivity contribution in [3.8, 4) is 0 Å². The second-order valence-electron chi connectivity index (χ2n) is 5.03. The molecule has 5 nitrogen and oxygen atoms in total. The van der Waals surface area contributed by atoms with Gasteiger partial charge in [-0.05, 0) is 24.5 Å². The number of benzene rings is 1. The third-order valence-electron chi connectivity index (χ3n) is 3.19. The molecule has 20 heavy (non-hydrogen) atoms. The van der Waals surface area contributed by atoms with E-state index in [0.717, 1.165) is 10.6 Å². The maximum Gasteiger partial charge on any atom is 0.268 e. The standard InChI is InChI=1S/C15H22N2O3/c1-10(2)13(15(19)17(4)20-5)16-14(18)12-9-7-6-8-11(12)3/h6-10,13H,1-5H3,(H,16,18)/t13-/m0/s1. The zero-order valence-electron chi connectivity index (χ0n) is 12.6. The van der Waals surface area contributed by atoms with Crippen molar-refractivity contribution in [1.29, 1.82) is 0 Å². The Kier molecular flexibility index (Phi) is 5.70. The van der Waals surface area contributed by atoms with Crippen LogP contribution in [0.3, 0.4) is 0 Å². The van der Waals surface area contributed by atoms with Gasteiger partial charge in [0.2, 0.25) is 0 Å². The summed E-state index contributed by atoms with van der Waals surface area (Å²) in [4.78, 5) is 29.3. The summed E-state index contributed by atoms with van der Waals surface area (Å²) in [6, 6.07) is 6.66. The molecule has 1 rings (SSSR count). The van der Waals surface area contributed by atoms with Crippen molar-refractivity contribution in [2.75, 3.05) is 14.2 Å². The van der Waals surface area contributed by atoms with Crippen molar-refractivity contribution in [3.63, 3.8) is 0 Å². The lowest BCUT2D eigenvalue weighted by Gasteiger charge is -2.25. The van der Waals surface area contributed by atoms with Gasteiger partial charge in [0.1, 0.15) is 6.04 Å². The van der Waals surface area contributed by atoms with E-state index in [1.165, 1.54) is 14.2 Å². The molecule has 5 heteroatoms. The van der Waals surface area contributed by atoms with E-state index in [9.17, 15) is 9.59 Å². The minimum Gasteiger partial charge on any atom is -0.340 e. The number of nitrogens with zero attached hydrogens (tertiary/aromatic N) is 1. The molecular formula is C15H22N2O3. The summed E-state index contributed by atoms with van der Waals surface area (Å²) in [6.07, 6.45) is 0. The second kappa shape index (κ2) is 7.05. The molecule has 1 N–H and O–H groups in total. The molecule has 0 spiro atoms. The molecule has 110 valence electrons. The number of rotatable bonds is 5. The zero-order valence-corrected chi connectivity index (χ0v) is 12.6. The van der Waals surface area contributed by atoms with E-state index < -0.39 is 6.04 Å². The molecule has 0 saturated heterocycles. The van der Waals surface area contributed by atoms with E-state index in [-0.39, 0.29) is 17.7 Å². The van der Waals surface area contributed by atoms with Crippen LogP contribution < -0.4 is 5.32 Å². The fourth-order valence-corrected chi connectivity index (χ4v) is 1.85. The summed E-state index contributed by atoms with van der Waals surface area (Å²) in [5.74, 6) is -0.558. The first-order chi connectivity index (χ1) is 9.38. The first-order valence-corrected chi connectivity index (χ1v) is 6.56. The molecule has 2 amide bonds. The van der Waals surface area contributed by atoms with Crippen molar-refractivity contribution >= 4 is 11.8 Å². The zero-order chi connectivity index (χ0) is 15.3. The summed E-state index contributed by atoms with van der Waals surface area (Å²) in [5.41, 5.74) is 1.45. The molecule has 1 atom stereocenters. The molecule has 0 bridgehead atoms. The molecule has 0 fully saturated rings. The van der Waals surface area contributed by atoms with Crippen LogP contribution in [0.2, 0.25) is 0 Å². The maximum atomic E-state index is 12.3. The monoisotopic (exact) mass is 278 g/mol. The van der Waals surface area contributed by atoms with Gasteiger partial charge in [0, 0.05) is 12.6 Å². The molecule has 0 heterocycles. The van der Waals surface area contributed by atoms with Crippen molar-refractivity contribution in [2.24, 2.45) is 5.92 Å². The number of amides is 2. The Labute approximate surface area is 119 Å². The maximum absolute atomic E-state index is 12.3. The SMILES string of the molecule is CON(C)C(=O)[C@@H](NC(=O)c1ccccc1C)C(C)C. The molecule has 0 aliphatic rings. The van der Waals surface area contributed by atoms with Gasteiger partial charge >= 0.3 is 0 Å². The molecule has 0 unspecified atom stereocenters. The van der Waals surface area contributed by atoms with E-state index in [1.54, 1.807) is 12.1 Å². The van der Waals surface area contributed by atoms with E-state index in [2.05, 4.69) is 5.32 Å². The van der Waals surface area contributed by atoms with Gasteiger partial charge in [0.25, 0.3) is 11.8 Å². The van der Waals surface area contributed by atoms with Gasteiger partial charge in [0.15, 0.2) is 0 Å². The van der Waals surface area contributed by atoms with Crippen LogP contribution in [0.5, 0.6) is 0 Å². The fraction of sp³-hybridized carbons (Fsp3) is 0.467. The average molecular weight is 278 g/mol. The fourth-order valence-electron chi connectivity index (χ4n) is 1.85. The minimum atomic E-state index is -0.618. The average Bonchev–Trinajstić information content (AvgIpc) is 2.43. The van der Waals surface area contributed by atoms with Crippen LogP contribution in [-0.4, -0.2) is 37.1 Å². The molecule has 1 aromatic carbocycles. The van der Waals surface area contributed by atoms with Gasteiger partial charge in [-0.25, -0.2) is 5.06 Å². The third kappa shape index (κ3) is 3.81. The van der Waals surface area contributed by atoms with Gasteiger partial charge in [-0.2, -0.15) is 0 Å². The predicted octanol–water partition coefficient (Wildman–Crippen LogP) is 1.77. The minimum absolute atomic E-state index is 0.0342. The lowest BCUT2D eigenvalue weighted by molar-refractivity contribution is -0.171. The van der Waals surface area contributed by atoms with Crippen LogP contribution in [0.4, 0.5) is 0 Å². The van der Waals surface area contributed by atoms with E-state index >= 15 is 0 Å². The highest BCUT2D eigenvalue weighted by Gasteiger charge is 2.27. The number of hydroxylamine groups is 2. The highest BCUT2D eigenvalue weighted by Crippen LogP contribution is 2.10. The summed E-state index contributed by atoms with van der Waals surface area (Å²) in [6.45, 7) is 5.62. The largest absolute Gasteiger partial charge is 0.340 e. The molecule has 0 saturated carbocycles. The summed E-state index contributed by atoms with van der Waals surface area (Å²) in [5, 5.41) is 3.91. The Bertz CT molecular complexity index is 486. The van der Waals surface area contributed by atoms with Crippen molar-refractivity contribution in [3.05, 3.63) is 35.4 Å². The van der Waals surface area contributed by atoms with Crippen LogP contribution in [0.25, 0.3) is 0 Å². The quantitative estimate of drug-likeness (QED) is 0.835. The lowest BCUT2D eigenvalue weighted by atomic mass is 10.0. The van der Waals surface area contributed by atoms with E-state index in [4.69, 9.17) is 4.84 Å². The van der Waals surface area contributed by atoms with E-state index in [0.29, 0.717) is 5.56 Å². The van der Waals surface area contributed by atoms with Crippen LogP contribution in [0.15, 0.2) is 24.3 Å². The van der Waals surface area contributed by atoms with E-state index in [1.807, 2.05) is 32.9 Å². The van der Waals surface area contributed by atoms with Crippen molar-refractivity contribution in [2.45, 2.75) is 26.8 Å². The van der Waals surface area contributed by atoms with Crippen LogP contribution >= 0.6 is 0 Å². The third-order valence-corrected chi connectivity index (χ3v) is 3.19. The van der Waals surface area contributed by atoms with Crippen molar-refractivity contribution in [1.82, 2.24) is 10.4 Å². The highest BCUT2D eigenvalue weighted by molar-refractivity contribution is 5.98. The normalized spacial score (nSPS) is 12.1. The van der Waals surface area contributed by atoms with Gasteiger partial charge in [0.05, 0.1) is 7.11 Å². The summed E-state index contributed by atoms with van der Waals surface area (Å²) in [7, 11) is 2.94. The number of aryl methyl sites for hydroxylation is 1. The van der Waals surface area contributed by atoms with Crippen LogP contribution in [-0.2, 0) is 9.63 Å². The Morgan fingerprint density at radius 1 is 1.25 bits per heavy atom. The number of hydrogen-bond donors (Lipinski definition) is 1. The van der Waals surface area contributed by atoms with Crippen molar-refractivity contribution < 1.29 is 14.4 Å². The van der Waals surface area contributed by atoms with Gasteiger partial charge in [-0.15, -0.1) is 0 Å². The Hall–Kier alpha value is -1.88. The van der Waals surface area contributed by atoms with Gasteiger partial charge < -0.3 is 5.32 Å². The van der Waals surface area contributed by atoms with Gasteiger partial charge in [-0.1, -0.05) is 32.0 Å².